The molecular weight excluding hydrogens is 326 g/mol. The largest absolute Gasteiger partial charge is 0.463 e. The first-order valence-corrected chi connectivity index (χ1v) is 7.23. The number of hydrogen-bond acceptors (Lipinski definition) is 6. The van der Waals surface area contributed by atoms with Crippen LogP contribution in [0.2, 0.25) is 0 Å². The van der Waals surface area contributed by atoms with Crippen molar-refractivity contribution in [1.82, 2.24) is 15.6 Å². The summed E-state index contributed by atoms with van der Waals surface area (Å²) < 4.78 is 5.21. The van der Waals surface area contributed by atoms with Crippen molar-refractivity contribution >= 4 is 17.3 Å². The molecule has 0 aliphatic carbocycles. The molecule has 0 radical (unpaired) electrons. The number of nitrogens with zero attached hydrogens (tertiary/aromatic N) is 3. The molecule has 2 aromatic heterocycles. The zero-order chi connectivity index (χ0) is 17.8. The van der Waals surface area contributed by atoms with Gasteiger partial charge >= 0.3 is 0 Å². The summed E-state index contributed by atoms with van der Waals surface area (Å²) in [6.45, 7) is 1.64. The highest BCUT2D eigenvalue weighted by molar-refractivity contribution is 6.01. The summed E-state index contributed by atoms with van der Waals surface area (Å²) in [5.41, 5.74) is 3.99. The van der Waals surface area contributed by atoms with E-state index in [1.54, 1.807) is 31.2 Å². The Morgan fingerprint density at radius 3 is 2.88 bits per heavy atom. The third-order valence-electron chi connectivity index (χ3n) is 3.40. The van der Waals surface area contributed by atoms with Crippen LogP contribution in [0.3, 0.4) is 0 Å². The van der Waals surface area contributed by atoms with Crippen molar-refractivity contribution < 1.29 is 14.1 Å². The lowest BCUT2D eigenvalue weighted by atomic mass is 10.1. The Kier molecular flexibility index (Phi) is 4.38. The van der Waals surface area contributed by atoms with Gasteiger partial charge in [-0.3, -0.25) is 20.0 Å². The average Bonchev–Trinajstić information content (AvgIpc) is 3.30. The van der Waals surface area contributed by atoms with Crippen LogP contribution in [0.4, 0.5) is 5.69 Å². The molecule has 0 atom stereocenters. The Bertz CT molecular complexity index is 943. The first kappa shape index (κ1) is 16.1. The molecule has 9 heteroatoms. The highest BCUT2D eigenvalue weighted by Gasteiger charge is 2.13. The van der Waals surface area contributed by atoms with Crippen molar-refractivity contribution in [2.45, 2.75) is 6.92 Å². The lowest BCUT2D eigenvalue weighted by Crippen LogP contribution is -2.19. The van der Waals surface area contributed by atoms with Crippen LogP contribution < -0.4 is 5.43 Å². The summed E-state index contributed by atoms with van der Waals surface area (Å²) in [6.07, 6.45) is 1.52. The smallest absolute Gasteiger partial charge is 0.291 e. The number of hydrogen-bond donors (Lipinski definition) is 2. The van der Waals surface area contributed by atoms with Crippen LogP contribution in [0.15, 0.2) is 58.2 Å². The van der Waals surface area contributed by atoms with E-state index in [1.165, 1.54) is 24.5 Å². The molecule has 1 amide bonds. The van der Waals surface area contributed by atoms with Crippen LogP contribution in [0.25, 0.3) is 11.5 Å². The molecule has 0 saturated carbocycles. The molecule has 3 rings (SSSR count). The van der Waals surface area contributed by atoms with E-state index in [4.69, 9.17) is 4.42 Å². The second kappa shape index (κ2) is 6.79. The molecule has 0 bridgehead atoms. The lowest BCUT2D eigenvalue weighted by molar-refractivity contribution is -0.384. The molecule has 0 aliphatic rings. The van der Waals surface area contributed by atoms with E-state index in [2.05, 4.69) is 20.7 Å². The number of aromatic nitrogens is 2. The van der Waals surface area contributed by atoms with Crippen molar-refractivity contribution in [2.24, 2.45) is 5.10 Å². The number of carbonyl (C=O) groups is 1. The second-order valence-electron chi connectivity index (χ2n) is 5.09. The van der Waals surface area contributed by atoms with Gasteiger partial charge < -0.3 is 4.42 Å². The summed E-state index contributed by atoms with van der Waals surface area (Å²) in [5.74, 6) is 0.0432. The maximum atomic E-state index is 12.1. The first-order chi connectivity index (χ1) is 12.0. The van der Waals surface area contributed by atoms with Gasteiger partial charge in [-0.25, -0.2) is 5.43 Å². The number of amides is 1. The normalized spacial score (nSPS) is 11.3. The summed E-state index contributed by atoms with van der Waals surface area (Å²) in [6, 6.07) is 11.0. The maximum Gasteiger partial charge on any atom is 0.291 e. The minimum absolute atomic E-state index is 0.0474. The predicted octanol–water partition coefficient (Wildman–Crippen LogP) is 2.73. The Hall–Kier alpha value is -3.75. The Balaban J connectivity index is 1.72. The van der Waals surface area contributed by atoms with Gasteiger partial charge in [-0.1, -0.05) is 12.1 Å². The van der Waals surface area contributed by atoms with E-state index in [9.17, 15) is 14.9 Å². The van der Waals surface area contributed by atoms with Gasteiger partial charge in [-0.05, 0) is 19.1 Å². The van der Waals surface area contributed by atoms with Crippen LogP contribution in [0.5, 0.6) is 0 Å². The Labute approximate surface area is 141 Å². The molecule has 126 valence electrons. The molecule has 0 aliphatic heterocycles. The summed E-state index contributed by atoms with van der Waals surface area (Å²) in [4.78, 5) is 22.4. The zero-order valence-electron chi connectivity index (χ0n) is 13.1. The number of carbonyl (C=O) groups excluding carboxylic acids is 1. The third kappa shape index (κ3) is 3.61. The number of furan rings is 1. The molecule has 0 unspecified atom stereocenters. The minimum atomic E-state index is -0.515. The number of nitro groups is 1. The van der Waals surface area contributed by atoms with Crippen LogP contribution in [-0.4, -0.2) is 26.7 Å². The van der Waals surface area contributed by atoms with Gasteiger partial charge in [0.2, 0.25) is 0 Å². The molecule has 0 fully saturated rings. The molecule has 3 aromatic rings. The monoisotopic (exact) mass is 339 g/mol. The lowest BCUT2D eigenvalue weighted by Gasteiger charge is -2.01. The van der Waals surface area contributed by atoms with Crippen LogP contribution in [-0.2, 0) is 0 Å². The van der Waals surface area contributed by atoms with Crippen LogP contribution in [0.1, 0.15) is 23.0 Å². The third-order valence-corrected chi connectivity index (χ3v) is 3.40. The number of rotatable bonds is 5. The number of H-pyrrole nitrogens is 1. The number of nitrogens with one attached hydrogen (secondary N) is 2. The van der Waals surface area contributed by atoms with Crippen molar-refractivity contribution in [2.75, 3.05) is 0 Å². The van der Waals surface area contributed by atoms with Crippen molar-refractivity contribution in [1.29, 1.82) is 0 Å². The number of non-ortho nitro benzene ring substituents is 1. The quantitative estimate of drug-likeness (QED) is 0.420. The Morgan fingerprint density at radius 1 is 1.32 bits per heavy atom. The van der Waals surface area contributed by atoms with Gasteiger partial charge in [0, 0.05) is 23.8 Å². The highest BCUT2D eigenvalue weighted by atomic mass is 16.6. The van der Waals surface area contributed by atoms with Crippen LogP contribution >= 0.6 is 0 Å². The van der Waals surface area contributed by atoms with E-state index >= 15 is 0 Å². The fraction of sp³-hybridized carbons (Fsp3) is 0.0625. The maximum absolute atomic E-state index is 12.1. The fourth-order valence-electron chi connectivity index (χ4n) is 2.10. The predicted molar refractivity (Wildman–Crippen MR) is 89.1 cm³/mol. The fourth-order valence-corrected chi connectivity index (χ4v) is 2.10. The molecule has 1 aromatic carbocycles. The van der Waals surface area contributed by atoms with E-state index in [0.29, 0.717) is 22.7 Å². The minimum Gasteiger partial charge on any atom is -0.463 e. The van der Waals surface area contributed by atoms with E-state index in [-0.39, 0.29) is 11.4 Å². The zero-order valence-corrected chi connectivity index (χ0v) is 13.1. The van der Waals surface area contributed by atoms with Gasteiger partial charge in [-0.2, -0.15) is 10.2 Å². The molecular formula is C16H13N5O4. The molecule has 2 heterocycles. The number of hydrazone groups is 1. The van der Waals surface area contributed by atoms with Crippen molar-refractivity contribution in [3.63, 3.8) is 0 Å². The Morgan fingerprint density at radius 2 is 2.16 bits per heavy atom. The first-order valence-electron chi connectivity index (χ1n) is 7.23. The van der Waals surface area contributed by atoms with Crippen molar-refractivity contribution in [3.8, 4) is 11.5 Å². The molecule has 0 spiro atoms. The number of aromatic amines is 1. The van der Waals surface area contributed by atoms with Gasteiger partial charge in [-0.15, -0.1) is 0 Å². The van der Waals surface area contributed by atoms with Gasteiger partial charge in [0.05, 0.1) is 16.9 Å². The van der Waals surface area contributed by atoms with Gasteiger partial charge in [0.15, 0.2) is 11.5 Å². The molecule has 25 heavy (non-hydrogen) atoms. The summed E-state index contributed by atoms with van der Waals surface area (Å²) in [5, 5.41) is 21.4. The van der Waals surface area contributed by atoms with E-state index in [1.807, 2.05) is 0 Å². The number of benzene rings is 1. The topological polar surface area (TPSA) is 126 Å². The van der Waals surface area contributed by atoms with Gasteiger partial charge in [0.25, 0.3) is 11.6 Å². The van der Waals surface area contributed by atoms with E-state index in [0.717, 1.165) is 0 Å². The van der Waals surface area contributed by atoms with Crippen molar-refractivity contribution in [3.05, 3.63) is 70.1 Å². The highest BCUT2D eigenvalue weighted by Crippen LogP contribution is 2.17. The van der Waals surface area contributed by atoms with Crippen LogP contribution in [0, 0.1) is 10.1 Å². The van der Waals surface area contributed by atoms with E-state index < -0.39 is 10.8 Å². The molecule has 2 N–H and O–H groups in total. The molecule has 9 nitrogen and oxygen atoms in total. The van der Waals surface area contributed by atoms with Gasteiger partial charge in [0.1, 0.15) is 5.69 Å². The SMILES string of the molecule is C/C(=N\NC(=O)c1cc(-c2ccco2)[nH]n1)c1cccc([N+](=O)[O-])c1. The molecule has 0 saturated heterocycles. The second-order valence-corrected chi connectivity index (χ2v) is 5.09. The standard InChI is InChI=1S/C16H13N5O4/c1-10(11-4-2-5-12(8-11)21(23)24)17-20-16(22)14-9-13(18-19-14)15-6-3-7-25-15/h2-9H,1H3,(H,18,19)(H,20,22)/b17-10+. The summed E-state index contributed by atoms with van der Waals surface area (Å²) in [7, 11) is 0. The average molecular weight is 339 g/mol. The summed E-state index contributed by atoms with van der Waals surface area (Å²) >= 11 is 0. The number of nitro benzene ring substituents is 1.